The molecule has 0 radical (unpaired) electrons. The molecule has 8 heteroatoms. The molecule has 2 N–H and O–H groups in total. The molecule has 1 amide bonds. The topological polar surface area (TPSA) is 83.8 Å². The third-order valence-electron chi connectivity index (χ3n) is 5.09. The third kappa shape index (κ3) is 4.75. The first kappa shape index (κ1) is 18.7. The summed E-state index contributed by atoms with van der Waals surface area (Å²) in [4.78, 5) is 18.4. The maximum Gasteiger partial charge on any atom is 0.223 e. The van der Waals surface area contributed by atoms with Gasteiger partial charge in [0.2, 0.25) is 5.91 Å². The zero-order valence-corrected chi connectivity index (χ0v) is 15.8. The van der Waals surface area contributed by atoms with Crippen molar-refractivity contribution >= 4 is 11.9 Å². The summed E-state index contributed by atoms with van der Waals surface area (Å²) < 4.78 is 7.68. The number of amides is 1. The van der Waals surface area contributed by atoms with Crippen molar-refractivity contribution in [3.63, 3.8) is 0 Å². The molecule has 1 saturated heterocycles. The van der Waals surface area contributed by atoms with Crippen LogP contribution in [-0.2, 0) is 16.6 Å². The van der Waals surface area contributed by atoms with Gasteiger partial charge in [0.1, 0.15) is 6.10 Å². The number of carbonyl (C=O) groups excluding carboxylic acids is 1. The molecule has 8 nitrogen and oxygen atoms in total. The van der Waals surface area contributed by atoms with Crippen LogP contribution in [-0.4, -0.2) is 66.4 Å². The molecule has 0 aromatic carbocycles. The number of nitrogens with zero attached hydrogens (tertiary/aromatic N) is 4. The number of aromatic nitrogens is 2. The Balaban J connectivity index is 1.39. The van der Waals surface area contributed by atoms with Crippen LogP contribution in [0.15, 0.2) is 17.4 Å². The summed E-state index contributed by atoms with van der Waals surface area (Å²) in [6.07, 6.45) is 8.03. The van der Waals surface area contributed by atoms with Crippen molar-refractivity contribution in [2.45, 2.75) is 31.8 Å². The van der Waals surface area contributed by atoms with Crippen LogP contribution in [0, 0.1) is 5.92 Å². The zero-order valence-electron chi connectivity index (χ0n) is 15.8. The lowest BCUT2D eigenvalue weighted by atomic mass is 9.85. The lowest BCUT2D eigenvalue weighted by Gasteiger charge is -2.34. The standard InChI is InChI=1S/C18H30N6O2/c1-19-18(21-8-4-7-20-17(25)14-5-3-6-14)24-9-10-26-16(13-24)15-11-22-23(2)12-15/h11-12,14,16H,3-10,13H2,1-2H3,(H,19,21)(H,20,25). The Morgan fingerprint density at radius 3 is 2.85 bits per heavy atom. The van der Waals surface area contributed by atoms with Crippen molar-refractivity contribution in [3.05, 3.63) is 18.0 Å². The predicted octanol–water partition coefficient (Wildman–Crippen LogP) is 0.675. The summed E-state index contributed by atoms with van der Waals surface area (Å²) in [5.41, 5.74) is 1.09. The van der Waals surface area contributed by atoms with E-state index in [-0.39, 0.29) is 17.9 Å². The maximum absolute atomic E-state index is 11.8. The Morgan fingerprint density at radius 1 is 1.38 bits per heavy atom. The molecule has 1 aliphatic carbocycles. The lowest BCUT2D eigenvalue weighted by Crippen LogP contribution is -2.48. The molecule has 2 aliphatic rings. The van der Waals surface area contributed by atoms with Crippen molar-refractivity contribution in [2.24, 2.45) is 18.0 Å². The summed E-state index contributed by atoms with van der Waals surface area (Å²) in [6.45, 7) is 3.73. The van der Waals surface area contributed by atoms with Crippen LogP contribution in [0.25, 0.3) is 0 Å². The van der Waals surface area contributed by atoms with Gasteiger partial charge in [-0.2, -0.15) is 5.10 Å². The van der Waals surface area contributed by atoms with Gasteiger partial charge >= 0.3 is 0 Å². The molecule has 2 heterocycles. The van der Waals surface area contributed by atoms with Gasteiger partial charge in [-0.05, 0) is 19.3 Å². The van der Waals surface area contributed by atoms with Crippen molar-refractivity contribution < 1.29 is 9.53 Å². The monoisotopic (exact) mass is 362 g/mol. The second-order valence-electron chi connectivity index (χ2n) is 7.00. The Hall–Kier alpha value is -2.09. The van der Waals surface area contributed by atoms with E-state index in [9.17, 15) is 4.79 Å². The first-order valence-electron chi connectivity index (χ1n) is 9.51. The second-order valence-corrected chi connectivity index (χ2v) is 7.00. The van der Waals surface area contributed by atoms with Gasteiger partial charge in [-0.3, -0.25) is 14.5 Å². The lowest BCUT2D eigenvalue weighted by molar-refractivity contribution is -0.127. The normalized spacial score (nSPS) is 21.4. The summed E-state index contributed by atoms with van der Waals surface area (Å²) in [7, 11) is 3.71. The van der Waals surface area contributed by atoms with Crippen molar-refractivity contribution in [2.75, 3.05) is 39.8 Å². The van der Waals surface area contributed by atoms with E-state index in [1.165, 1.54) is 6.42 Å². The fourth-order valence-corrected chi connectivity index (χ4v) is 3.30. The minimum atomic E-state index is 0.0118. The van der Waals surface area contributed by atoms with Gasteiger partial charge in [0.25, 0.3) is 0 Å². The number of carbonyl (C=O) groups is 1. The van der Waals surface area contributed by atoms with Crippen LogP contribution in [0.2, 0.25) is 0 Å². The highest BCUT2D eigenvalue weighted by Crippen LogP contribution is 2.26. The molecule has 26 heavy (non-hydrogen) atoms. The highest BCUT2D eigenvalue weighted by atomic mass is 16.5. The molecule has 2 fully saturated rings. The molecule has 1 saturated carbocycles. The molecular weight excluding hydrogens is 332 g/mol. The molecule has 0 bridgehead atoms. The molecule has 1 aliphatic heterocycles. The highest BCUT2D eigenvalue weighted by molar-refractivity contribution is 5.80. The van der Waals surface area contributed by atoms with E-state index in [0.717, 1.165) is 50.4 Å². The van der Waals surface area contributed by atoms with Gasteiger partial charge in [-0.25, -0.2) is 0 Å². The average molecular weight is 362 g/mol. The van der Waals surface area contributed by atoms with Crippen LogP contribution in [0.4, 0.5) is 0 Å². The molecule has 1 aromatic heterocycles. The number of hydrogen-bond acceptors (Lipinski definition) is 4. The van der Waals surface area contributed by atoms with Crippen molar-refractivity contribution in [3.8, 4) is 0 Å². The van der Waals surface area contributed by atoms with E-state index in [0.29, 0.717) is 13.2 Å². The summed E-state index contributed by atoms with van der Waals surface area (Å²) >= 11 is 0. The van der Waals surface area contributed by atoms with E-state index >= 15 is 0 Å². The molecular formula is C18H30N6O2. The van der Waals surface area contributed by atoms with Gasteiger partial charge in [0.15, 0.2) is 5.96 Å². The number of ether oxygens (including phenoxy) is 1. The Bertz CT molecular complexity index is 625. The molecule has 1 atom stereocenters. The number of guanidine groups is 1. The Labute approximate surface area is 155 Å². The predicted molar refractivity (Wildman–Crippen MR) is 99.8 cm³/mol. The van der Waals surface area contributed by atoms with Crippen LogP contribution in [0.1, 0.15) is 37.4 Å². The smallest absolute Gasteiger partial charge is 0.223 e. The molecule has 1 unspecified atom stereocenters. The molecule has 3 rings (SSSR count). The number of morpholine rings is 1. The van der Waals surface area contributed by atoms with Crippen LogP contribution < -0.4 is 10.6 Å². The van der Waals surface area contributed by atoms with E-state index in [4.69, 9.17) is 4.74 Å². The SMILES string of the molecule is CN=C(NCCCNC(=O)C1CCC1)N1CCOC(c2cnn(C)c2)C1. The first-order chi connectivity index (χ1) is 12.7. The molecule has 0 spiro atoms. The number of aryl methyl sites for hydroxylation is 1. The number of nitrogens with one attached hydrogen (secondary N) is 2. The summed E-state index contributed by atoms with van der Waals surface area (Å²) in [5, 5.41) is 10.6. The molecule has 144 valence electrons. The number of hydrogen-bond donors (Lipinski definition) is 2. The van der Waals surface area contributed by atoms with Crippen LogP contribution >= 0.6 is 0 Å². The van der Waals surface area contributed by atoms with Gasteiger partial charge in [-0.1, -0.05) is 6.42 Å². The average Bonchev–Trinajstić information content (AvgIpc) is 3.03. The van der Waals surface area contributed by atoms with E-state index in [1.54, 1.807) is 11.7 Å². The third-order valence-corrected chi connectivity index (χ3v) is 5.09. The van der Waals surface area contributed by atoms with Crippen LogP contribution in [0.3, 0.4) is 0 Å². The minimum Gasteiger partial charge on any atom is -0.370 e. The second kappa shape index (κ2) is 9.02. The Kier molecular flexibility index (Phi) is 6.49. The van der Waals surface area contributed by atoms with E-state index in [1.807, 2.05) is 19.4 Å². The Morgan fingerprint density at radius 2 is 2.19 bits per heavy atom. The van der Waals surface area contributed by atoms with Crippen molar-refractivity contribution in [1.82, 2.24) is 25.3 Å². The van der Waals surface area contributed by atoms with Gasteiger partial charge < -0.3 is 20.3 Å². The zero-order chi connectivity index (χ0) is 18.4. The van der Waals surface area contributed by atoms with Gasteiger partial charge in [0, 0.05) is 51.4 Å². The quantitative estimate of drug-likeness (QED) is 0.442. The largest absolute Gasteiger partial charge is 0.370 e. The minimum absolute atomic E-state index is 0.0118. The van der Waals surface area contributed by atoms with Gasteiger partial charge in [0.05, 0.1) is 19.3 Å². The maximum atomic E-state index is 11.8. The summed E-state index contributed by atoms with van der Waals surface area (Å²) in [5.74, 6) is 1.36. The van der Waals surface area contributed by atoms with Gasteiger partial charge in [-0.15, -0.1) is 0 Å². The fourth-order valence-electron chi connectivity index (χ4n) is 3.30. The number of rotatable bonds is 6. The number of aliphatic imine (C=N–C) groups is 1. The van der Waals surface area contributed by atoms with E-state index in [2.05, 4.69) is 25.6 Å². The fraction of sp³-hybridized carbons (Fsp3) is 0.722. The van der Waals surface area contributed by atoms with Crippen molar-refractivity contribution in [1.29, 1.82) is 0 Å². The van der Waals surface area contributed by atoms with E-state index < -0.39 is 0 Å². The highest BCUT2D eigenvalue weighted by Gasteiger charge is 2.26. The van der Waals surface area contributed by atoms with Crippen LogP contribution in [0.5, 0.6) is 0 Å². The first-order valence-corrected chi connectivity index (χ1v) is 9.51. The molecule has 1 aromatic rings. The summed E-state index contributed by atoms with van der Waals surface area (Å²) in [6, 6.07) is 0.